The van der Waals surface area contributed by atoms with Crippen LogP contribution in [-0.4, -0.2) is 15.2 Å². The SMILES string of the molecule is CCc1ccc(-c2nc(SCc3ccccc3C)n[nH]2)cc1. The van der Waals surface area contributed by atoms with Gasteiger partial charge in [0, 0.05) is 11.3 Å². The molecule has 1 N–H and O–H groups in total. The van der Waals surface area contributed by atoms with Crippen LogP contribution in [0.5, 0.6) is 0 Å². The fourth-order valence-corrected chi connectivity index (χ4v) is 3.13. The summed E-state index contributed by atoms with van der Waals surface area (Å²) in [5, 5.41) is 8.12. The van der Waals surface area contributed by atoms with Crippen molar-refractivity contribution >= 4 is 11.8 Å². The monoisotopic (exact) mass is 309 g/mol. The molecule has 0 saturated carbocycles. The van der Waals surface area contributed by atoms with Crippen LogP contribution in [0.3, 0.4) is 0 Å². The Hall–Kier alpha value is -2.07. The van der Waals surface area contributed by atoms with Gasteiger partial charge in [0.25, 0.3) is 0 Å². The second kappa shape index (κ2) is 6.79. The van der Waals surface area contributed by atoms with Crippen LogP contribution in [0.25, 0.3) is 11.4 Å². The molecule has 0 spiro atoms. The van der Waals surface area contributed by atoms with Gasteiger partial charge in [0.15, 0.2) is 5.82 Å². The Morgan fingerprint density at radius 1 is 1.05 bits per heavy atom. The van der Waals surface area contributed by atoms with E-state index in [0.717, 1.165) is 28.7 Å². The van der Waals surface area contributed by atoms with Crippen molar-refractivity contribution in [3.8, 4) is 11.4 Å². The molecule has 3 rings (SSSR count). The topological polar surface area (TPSA) is 41.6 Å². The molecule has 112 valence electrons. The maximum Gasteiger partial charge on any atom is 0.209 e. The van der Waals surface area contributed by atoms with E-state index in [1.54, 1.807) is 11.8 Å². The molecule has 2 aromatic carbocycles. The van der Waals surface area contributed by atoms with Crippen LogP contribution in [0.4, 0.5) is 0 Å². The van der Waals surface area contributed by atoms with E-state index in [9.17, 15) is 0 Å². The molecule has 0 fully saturated rings. The second-order valence-corrected chi connectivity index (χ2v) is 6.17. The standard InChI is InChI=1S/C18H19N3S/c1-3-14-8-10-15(11-9-14)17-19-18(21-20-17)22-12-16-7-5-4-6-13(16)2/h4-11H,3,12H2,1-2H3,(H,19,20,21). The lowest BCUT2D eigenvalue weighted by molar-refractivity contribution is 0.973. The maximum absolute atomic E-state index is 4.58. The minimum absolute atomic E-state index is 0.790. The van der Waals surface area contributed by atoms with Crippen molar-refractivity contribution in [1.29, 1.82) is 0 Å². The van der Waals surface area contributed by atoms with Crippen molar-refractivity contribution < 1.29 is 0 Å². The zero-order chi connectivity index (χ0) is 15.4. The summed E-state index contributed by atoms with van der Waals surface area (Å²) in [5.41, 5.74) is 5.04. The summed E-state index contributed by atoms with van der Waals surface area (Å²) in [6.45, 7) is 4.29. The normalized spacial score (nSPS) is 10.8. The Labute approximate surface area is 135 Å². The number of hydrogen-bond acceptors (Lipinski definition) is 3. The molecular weight excluding hydrogens is 290 g/mol. The minimum Gasteiger partial charge on any atom is -0.258 e. The quantitative estimate of drug-likeness (QED) is 0.698. The number of aryl methyl sites for hydroxylation is 2. The van der Waals surface area contributed by atoms with Crippen LogP contribution in [-0.2, 0) is 12.2 Å². The van der Waals surface area contributed by atoms with E-state index in [0.29, 0.717) is 0 Å². The highest BCUT2D eigenvalue weighted by atomic mass is 32.2. The number of hydrogen-bond donors (Lipinski definition) is 1. The smallest absolute Gasteiger partial charge is 0.209 e. The van der Waals surface area contributed by atoms with Crippen LogP contribution in [0, 0.1) is 6.92 Å². The van der Waals surface area contributed by atoms with Crippen molar-refractivity contribution in [3.63, 3.8) is 0 Å². The third-order valence-electron chi connectivity index (χ3n) is 3.72. The highest BCUT2D eigenvalue weighted by Gasteiger charge is 2.07. The first kappa shape index (κ1) is 14.9. The fourth-order valence-electron chi connectivity index (χ4n) is 2.25. The summed E-state index contributed by atoms with van der Waals surface area (Å²) in [6.07, 6.45) is 1.05. The Bertz CT molecular complexity index is 747. The van der Waals surface area contributed by atoms with Crippen molar-refractivity contribution in [2.75, 3.05) is 0 Å². The Kier molecular flexibility index (Phi) is 4.59. The van der Waals surface area contributed by atoms with E-state index in [4.69, 9.17) is 0 Å². The summed E-state index contributed by atoms with van der Waals surface area (Å²) in [7, 11) is 0. The van der Waals surface area contributed by atoms with Gasteiger partial charge in [0.1, 0.15) is 0 Å². The Balaban J connectivity index is 1.69. The van der Waals surface area contributed by atoms with Gasteiger partial charge in [-0.05, 0) is 30.0 Å². The maximum atomic E-state index is 4.58. The largest absolute Gasteiger partial charge is 0.258 e. The van der Waals surface area contributed by atoms with Crippen LogP contribution in [0.15, 0.2) is 53.7 Å². The van der Waals surface area contributed by atoms with E-state index in [-0.39, 0.29) is 0 Å². The minimum atomic E-state index is 0.790. The van der Waals surface area contributed by atoms with Gasteiger partial charge in [0.2, 0.25) is 5.16 Å². The second-order valence-electron chi connectivity index (χ2n) is 5.23. The van der Waals surface area contributed by atoms with Gasteiger partial charge in [-0.1, -0.05) is 67.2 Å². The van der Waals surface area contributed by atoms with Gasteiger partial charge < -0.3 is 0 Å². The highest BCUT2D eigenvalue weighted by molar-refractivity contribution is 7.98. The lowest BCUT2D eigenvalue weighted by atomic mass is 10.1. The van der Waals surface area contributed by atoms with E-state index >= 15 is 0 Å². The zero-order valence-corrected chi connectivity index (χ0v) is 13.7. The van der Waals surface area contributed by atoms with Gasteiger partial charge in [-0.25, -0.2) is 4.98 Å². The molecule has 1 heterocycles. The molecule has 0 atom stereocenters. The number of nitrogens with zero attached hydrogens (tertiary/aromatic N) is 2. The number of aromatic amines is 1. The number of H-pyrrole nitrogens is 1. The summed E-state index contributed by atoms with van der Waals surface area (Å²) in [4.78, 5) is 4.58. The van der Waals surface area contributed by atoms with Crippen LogP contribution in [0.1, 0.15) is 23.6 Å². The summed E-state index contributed by atoms with van der Waals surface area (Å²) < 4.78 is 0. The Morgan fingerprint density at radius 2 is 1.82 bits per heavy atom. The average Bonchev–Trinajstić information content (AvgIpc) is 3.03. The molecule has 4 heteroatoms. The van der Waals surface area contributed by atoms with Gasteiger partial charge >= 0.3 is 0 Å². The molecule has 0 amide bonds. The summed E-state index contributed by atoms with van der Waals surface area (Å²) in [6, 6.07) is 16.9. The lowest BCUT2D eigenvalue weighted by Gasteiger charge is -2.02. The first-order valence-electron chi connectivity index (χ1n) is 7.45. The van der Waals surface area contributed by atoms with Crippen molar-refractivity contribution in [2.24, 2.45) is 0 Å². The lowest BCUT2D eigenvalue weighted by Crippen LogP contribution is -1.86. The first-order chi connectivity index (χ1) is 10.8. The number of rotatable bonds is 5. The van der Waals surface area contributed by atoms with Crippen LogP contribution < -0.4 is 0 Å². The van der Waals surface area contributed by atoms with Crippen molar-refractivity contribution in [2.45, 2.75) is 31.2 Å². The molecule has 0 unspecified atom stereocenters. The molecule has 0 radical (unpaired) electrons. The molecule has 0 aliphatic rings. The van der Waals surface area contributed by atoms with E-state index in [1.165, 1.54) is 16.7 Å². The predicted molar refractivity (Wildman–Crippen MR) is 91.9 cm³/mol. The van der Waals surface area contributed by atoms with Crippen molar-refractivity contribution in [1.82, 2.24) is 15.2 Å². The van der Waals surface area contributed by atoms with E-state index in [1.807, 2.05) is 0 Å². The summed E-state index contributed by atoms with van der Waals surface area (Å²) in [5.74, 6) is 1.72. The number of benzene rings is 2. The third kappa shape index (κ3) is 3.39. The molecule has 3 nitrogen and oxygen atoms in total. The van der Waals surface area contributed by atoms with Crippen LogP contribution in [0.2, 0.25) is 0 Å². The van der Waals surface area contributed by atoms with E-state index < -0.39 is 0 Å². The summed E-state index contributed by atoms with van der Waals surface area (Å²) >= 11 is 1.66. The molecule has 0 bridgehead atoms. The molecule has 0 aliphatic carbocycles. The van der Waals surface area contributed by atoms with Gasteiger partial charge in [0.05, 0.1) is 0 Å². The fraction of sp³-hybridized carbons (Fsp3) is 0.222. The van der Waals surface area contributed by atoms with Gasteiger partial charge in [-0.3, -0.25) is 5.10 Å². The molecule has 1 aromatic heterocycles. The molecule has 0 aliphatic heterocycles. The molecule has 3 aromatic rings. The zero-order valence-electron chi connectivity index (χ0n) is 12.8. The number of thioether (sulfide) groups is 1. The average molecular weight is 309 g/mol. The van der Waals surface area contributed by atoms with Gasteiger partial charge in [-0.15, -0.1) is 5.10 Å². The van der Waals surface area contributed by atoms with Gasteiger partial charge in [-0.2, -0.15) is 0 Å². The molecule has 0 saturated heterocycles. The predicted octanol–water partition coefficient (Wildman–Crippen LogP) is 4.63. The number of aromatic nitrogens is 3. The van der Waals surface area contributed by atoms with Crippen molar-refractivity contribution in [3.05, 3.63) is 65.2 Å². The van der Waals surface area contributed by atoms with Crippen LogP contribution >= 0.6 is 11.8 Å². The van der Waals surface area contributed by atoms with E-state index in [2.05, 4.69) is 77.6 Å². The first-order valence-corrected chi connectivity index (χ1v) is 8.44. The highest BCUT2D eigenvalue weighted by Crippen LogP contribution is 2.23. The molecular formula is C18H19N3S. The number of nitrogens with one attached hydrogen (secondary N) is 1. The third-order valence-corrected chi connectivity index (χ3v) is 4.61. The Morgan fingerprint density at radius 3 is 2.55 bits per heavy atom. The molecule has 22 heavy (non-hydrogen) atoms.